The highest BCUT2D eigenvalue weighted by atomic mass is 35.5. The Balaban J connectivity index is 0.00000169. The molecule has 1 heterocycles. The van der Waals surface area contributed by atoms with Crippen LogP contribution >= 0.6 is 0 Å². The summed E-state index contributed by atoms with van der Waals surface area (Å²) < 4.78 is 0.984. The maximum Gasteiger partial charge on any atom is 0.185 e. The van der Waals surface area contributed by atoms with E-state index in [4.69, 9.17) is 5.73 Å². The number of hydrogen-bond donors (Lipinski definition) is 1. The lowest BCUT2D eigenvalue weighted by molar-refractivity contribution is -0.807. The van der Waals surface area contributed by atoms with E-state index in [0.717, 1.165) is 37.0 Å². The largest absolute Gasteiger partial charge is 1.00 e. The molecule has 1 rings (SSSR count). The molecule has 84 valence electrons. The Labute approximate surface area is 93.4 Å². The second-order valence-electron chi connectivity index (χ2n) is 4.29. The molecule has 0 amide bonds. The van der Waals surface area contributed by atoms with Gasteiger partial charge < -0.3 is 18.1 Å². The van der Waals surface area contributed by atoms with Gasteiger partial charge in [-0.25, -0.2) is 4.99 Å². The lowest BCUT2D eigenvalue weighted by Gasteiger charge is -2.26. The summed E-state index contributed by atoms with van der Waals surface area (Å²) in [4.78, 5) is 4.27. The van der Waals surface area contributed by atoms with Crippen molar-refractivity contribution in [2.75, 3.05) is 26.7 Å². The lowest BCUT2D eigenvalue weighted by atomic mass is 10.1. The first-order chi connectivity index (χ1) is 6.16. The van der Waals surface area contributed by atoms with Crippen molar-refractivity contribution in [2.45, 2.75) is 32.2 Å². The third-order valence-electron chi connectivity index (χ3n) is 2.77. The fraction of sp³-hybridized carbons (Fsp3) is 0.900. The third-order valence-corrected chi connectivity index (χ3v) is 2.77. The minimum Gasteiger partial charge on any atom is -1.00 e. The Hall–Kier alpha value is -0.120. The molecule has 0 spiro atoms. The Bertz CT molecular complexity index is 184. The van der Waals surface area contributed by atoms with E-state index in [1.54, 1.807) is 0 Å². The summed E-state index contributed by atoms with van der Waals surface area (Å²) in [5, 5.41) is 0. The number of nitrogens with two attached hydrogens (primary N) is 1. The van der Waals surface area contributed by atoms with E-state index in [9.17, 15) is 0 Å². The minimum atomic E-state index is 0. The van der Waals surface area contributed by atoms with Crippen LogP contribution < -0.4 is 18.1 Å². The van der Waals surface area contributed by atoms with Crippen LogP contribution in [0.3, 0.4) is 0 Å². The van der Waals surface area contributed by atoms with Gasteiger partial charge in [-0.05, 0) is 6.42 Å². The molecule has 2 unspecified atom stereocenters. The minimum absolute atomic E-state index is 0. The van der Waals surface area contributed by atoms with Crippen LogP contribution in [0.1, 0.15) is 26.2 Å². The lowest BCUT2D eigenvalue weighted by Crippen LogP contribution is -3.00. The molecule has 14 heavy (non-hydrogen) atoms. The van der Waals surface area contributed by atoms with Crippen molar-refractivity contribution >= 4 is 6.34 Å². The maximum atomic E-state index is 5.97. The van der Waals surface area contributed by atoms with Crippen LogP contribution in [-0.2, 0) is 0 Å². The molecule has 1 aliphatic rings. The molecular formula is C10H22ClN3. The van der Waals surface area contributed by atoms with Crippen molar-refractivity contribution in [1.82, 2.24) is 0 Å². The second-order valence-corrected chi connectivity index (χ2v) is 4.29. The summed E-state index contributed by atoms with van der Waals surface area (Å²) in [6, 6.07) is 0.383. The first-order valence-corrected chi connectivity index (χ1v) is 5.27. The highest BCUT2D eigenvalue weighted by molar-refractivity contribution is 5.47. The Morgan fingerprint density at radius 1 is 1.50 bits per heavy atom. The number of aliphatic imine (C=N–C) groups is 1. The summed E-state index contributed by atoms with van der Waals surface area (Å²) in [6.07, 6.45) is 5.53. The van der Waals surface area contributed by atoms with Gasteiger partial charge in [-0.2, -0.15) is 0 Å². The van der Waals surface area contributed by atoms with E-state index in [-0.39, 0.29) is 12.4 Å². The highest BCUT2D eigenvalue weighted by Crippen LogP contribution is 2.08. The van der Waals surface area contributed by atoms with Gasteiger partial charge in [0, 0.05) is 12.5 Å². The Morgan fingerprint density at radius 2 is 2.21 bits per heavy atom. The molecule has 0 fully saturated rings. The highest BCUT2D eigenvalue weighted by Gasteiger charge is 2.23. The van der Waals surface area contributed by atoms with Crippen LogP contribution in [0.25, 0.3) is 0 Å². The van der Waals surface area contributed by atoms with Gasteiger partial charge >= 0.3 is 0 Å². The smallest absolute Gasteiger partial charge is 0.185 e. The van der Waals surface area contributed by atoms with Crippen LogP contribution in [0.4, 0.5) is 0 Å². The summed E-state index contributed by atoms with van der Waals surface area (Å²) in [6.45, 7) is 5.47. The zero-order chi connectivity index (χ0) is 9.73. The molecule has 3 nitrogen and oxygen atoms in total. The van der Waals surface area contributed by atoms with Gasteiger partial charge in [0.25, 0.3) is 0 Å². The van der Waals surface area contributed by atoms with Crippen LogP contribution in [0.2, 0.25) is 0 Å². The zero-order valence-electron chi connectivity index (χ0n) is 9.25. The topological polar surface area (TPSA) is 38.4 Å². The SMILES string of the molecule is CCCC(N)CC[N+]1(C)C=NCC1.[Cl-]. The van der Waals surface area contributed by atoms with Crippen molar-refractivity contribution in [3.05, 3.63) is 0 Å². The number of hydrogen-bond acceptors (Lipinski definition) is 2. The number of nitrogens with zero attached hydrogens (tertiary/aromatic N) is 2. The molecule has 1 aliphatic heterocycles. The fourth-order valence-electron chi connectivity index (χ4n) is 1.74. The summed E-state index contributed by atoms with van der Waals surface area (Å²) >= 11 is 0. The maximum absolute atomic E-state index is 5.97. The van der Waals surface area contributed by atoms with Crippen LogP contribution in [0.15, 0.2) is 4.99 Å². The molecule has 2 N–H and O–H groups in total. The molecular weight excluding hydrogens is 198 g/mol. The average Bonchev–Trinajstić information content (AvgIpc) is 2.51. The molecule has 0 radical (unpaired) electrons. The summed E-state index contributed by atoms with van der Waals surface area (Å²) in [7, 11) is 2.23. The van der Waals surface area contributed by atoms with Gasteiger partial charge in [0.2, 0.25) is 0 Å². The van der Waals surface area contributed by atoms with Crippen molar-refractivity contribution in [2.24, 2.45) is 10.7 Å². The van der Waals surface area contributed by atoms with Crippen molar-refractivity contribution < 1.29 is 16.9 Å². The molecule has 0 saturated heterocycles. The number of halogens is 1. The van der Waals surface area contributed by atoms with Gasteiger partial charge in [-0.15, -0.1) is 0 Å². The molecule has 2 atom stereocenters. The van der Waals surface area contributed by atoms with Crippen molar-refractivity contribution in [3.63, 3.8) is 0 Å². The fourth-order valence-corrected chi connectivity index (χ4v) is 1.74. The molecule has 0 saturated carbocycles. The third kappa shape index (κ3) is 4.40. The Morgan fingerprint density at radius 3 is 2.71 bits per heavy atom. The molecule has 0 bridgehead atoms. The molecule has 0 aromatic rings. The molecule has 4 heteroatoms. The van der Waals surface area contributed by atoms with Crippen molar-refractivity contribution in [1.29, 1.82) is 0 Å². The number of rotatable bonds is 5. The van der Waals surface area contributed by atoms with Crippen molar-refractivity contribution in [3.8, 4) is 0 Å². The van der Waals surface area contributed by atoms with Crippen LogP contribution in [-0.4, -0.2) is 43.5 Å². The second kappa shape index (κ2) is 6.38. The predicted octanol–water partition coefficient (Wildman–Crippen LogP) is -2.00. The monoisotopic (exact) mass is 219 g/mol. The van der Waals surface area contributed by atoms with E-state index >= 15 is 0 Å². The van der Waals surface area contributed by atoms with E-state index in [0.29, 0.717) is 6.04 Å². The molecule has 0 aromatic carbocycles. The standard InChI is InChI=1S/C10H22N3.ClH/c1-3-4-10(11)5-7-13(2)8-6-12-9-13;/h9-10H,3-8,11H2,1-2H3;1H/q+1;/p-1. The van der Waals surface area contributed by atoms with E-state index in [1.807, 2.05) is 0 Å². The Kier molecular flexibility index (Phi) is 6.33. The first kappa shape index (κ1) is 13.9. The van der Waals surface area contributed by atoms with Crippen LogP contribution in [0.5, 0.6) is 0 Å². The zero-order valence-corrected chi connectivity index (χ0v) is 10.0. The number of quaternary nitrogens is 1. The van der Waals surface area contributed by atoms with E-state index in [1.165, 1.54) is 6.42 Å². The van der Waals surface area contributed by atoms with Gasteiger partial charge in [0.1, 0.15) is 6.54 Å². The average molecular weight is 220 g/mol. The van der Waals surface area contributed by atoms with Gasteiger partial charge in [0.05, 0.1) is 20.1 Å². The normalized spacial score (nSPS) is 27.4. The van der Waals surface area contributed by atoms with E-state index < -0.39 is 0 Å². The first-order valence-electron chi connectivity index (χ1n) is 5.27. The quantitative estimate of drug-likeness (QED) is 0.534. The summed E-state index contributed by atoms with van der Waals surface area (Å²) in [5.41, 5.74) is 5.97. The van der Waals surface area contributed by atoms with E-state index in [2.05, 4.69) is 25.3 Å². The molecule has 0 aliphatic carbocycles. The van der Waals surface area contributed by atoms with Crippen LogP contribution in [0, 0.1) is 0 Å². The number of likely N-dealkylation sites (N-methyl/N-ethyl adjacent to an activating group) is 1. The molecule has 0 aromatic heterocycles. The predicted molar refractivity (Wildman–Crippen MR) is 56.8 cm³/mol. The van der Waals surface area contributed by atoms with Gasteiger partial charge in [-0.3, -0.25) is 4.48 Å². The van der Waals surface area contributed by atoms with Gasteiger partial charge in [0.15, 0.2) is 6.34 Å². The summed E-state index contributed by atoms with van der Waals surface area (Å²) in [5.74, 6) is 0. The van der Waals surface area contributed by atoms with Gasteiger partial charge in [-0.1, -0.05) is 13.3 Å².